The molecule has 0 fully saturated rings. The Labute approximate surface area is 160 Å². The second-order valence-corrected chi connectivity index (χ2v) is 6.96. The van der Waals surface area contributed by atoms with Crippen molar-refractivity contribution in [2.75, 3.05) is 0 Å². The van der Waals surface area contributed by atoms with Crippen molar-refractivity contribution in [2.45, 2.75) is 38.5 Å². The minimum Gasteiger partial charge on any atom is -0.354 e. The van der Waals surface area contributed by atoms with Crippen LogP contribution in [0.25, 0.3) is 0 Å². The summed E-state index contributed by atoms with van der Waals surface area (Å²) in [5.74, 6) is -0.00707. The molecule has 0 aliphatic carbocycles. The monoisotopic (exact) mass is 359 g/mol. The van der Waals surface area contributed by atoms with Crippen LogP contribution in [0.5, 0.6) is 0 Å². The lowest BCUT2D eigenvalue weighted by Gasteiger charge is -2.37. The van der Waals surface area contributed by atoms with Crippen LogP contribution in [0.15, 0.2) is 71.4 Å². The Morgan fingerprint density at radius 3 is 2.67 bits per heavy atom. The minimum absolute atomic E-state index is 0.0346. The van der Waals surface area contributed by atoms with Crippen LogP contribution in [-0.4, -0.2) is 11.6 Å². The Balaban J connectivity index is 1.72. The van der Waals surface area contributed by atoms with Crippen molar-refractivity contribution < 1.29 is 0 Å². The standard InChI is InChI=1S/C22H25N5/c1-16-13-21(25-17(2)20-9-4-3-5-10-20)27-22(24,26-16)12-11-18-7-6-8-19(14-18)15-23/h3-10,13-14,17,26H,11-12,24H2,1-2H3,(H,25,27)/t17-,22?/m0/s1. The Hall–Kier alpha value is -3.10. The minimum atomic E-state index is -0.781. The molecule has 1 heterocycles. The number of allylic oxidation sites excluding steroid dienone is 1. The van der Waals surface area contributed by atoms with Gasteiger partial charge in [0.2, 0.25) is 0 Å². The lowest BCUT2D eigenvalue weighted by atomic mass is 10.0. The van der Waals surface area contributed by atoms with Gasteiger partial charge in [0.1, 0.15) is 5.84 Å². The molecule has 0 saturated heterocycles. The molecule has 1 aliphatic rings. The van der Waals surface area contributed by atoms with E-state index in [1.807, 2.05) is 49.4 Å². The van der Waals surface area contributed by atoms with Crippen LogP contribution in [0.3, 0.4) is 0 Å². The first-order chi connectivity index (χ1) is 13.0. The number of aryl methyl sites for hydroxylation is 1. The number of nitrogens with two attached hydrogens (primary N) is 1. The molecule has 2 atom stereocenters. The van der Waals surface area contributed by atoms with Gasteiger partial charge >= 0.3 is 0 Å². The molecule has 138 valence electrons. The van der Waals surface area contributed by atoms with Gasteiger partial charge in [0.15, 0.2) is 5.79 Å². The van der Waals surface area contributed by atoms with Crippen molar-refractivity contribution in [3.63, 3.8) is 0 Å². The summed E-state index contributed by atoms with van der Waals surface area (Å²) in [7, 11) is 0. The van der Waals surface area contributed by atoms with Gasteiger partial charge in [-0.1, -0.05) is 42.5 Å². The first kappa shape index (κ1) is 18.7. The average molecular weight is 359 g/mol. The van der Waals surface area contributed by atoms with Crippen LogP contribution < -0.4 is 16.4 Å². The SMILES string of the molecule is CC1=CC(=N[C@@H](C)c2ccccc2)NC(N)(CCc2cccc(C#N)c2)N1. The smallest absolute Gasteiger partial charge is 0.162 e. The molecule has 0 amide bonds. The summed E-state index contributed by atoms with van der Waals surface area (Å²) in [5.41, 5.74) is 10.5. The number of hydrogen-bond acceptors (Lipinski definition) is 4. The van der Waals surface area contributed by atoms with E-state index < -0.39 is 5.79 Å². The van der Waals surface area contributed by atoms with Gasteiger partial charge in [0.05, 0.1) is 17.7 Å². The Morgan fingerprint density at radius 1 is 1.15 bits per heavy atom. The van der Waals surface area contributed by atoms with Crippen LogP contribution in [0.1, 0.15) is 43.0 Å². The Bertz CT molecular complexity index is 894. The van der Waals surface area contributed by atoms with Crippen molar-refractivity contribution >= 4 is 5.84 Å². The van der Waals surface area contributed by atoms with E-state index in [0.717, 1.165) is 29.1 Å². The van der Waals surface area contributed by atoms with Crippen molar-refractivity contribution in [3.8, 4) is 6.07 Å². The van der Waals surface area contributed by atoms with Gasteiger partial charge in [-0.3, -0.25) is 10.7 Å². The lowest BCUT2D eigenvalue weighted by Crippen LogP contribution is -2.67. The largest absolute Gasteiger partial charge is 0.354 e. The van der Waals surface area contributed by atoms with E-state index in [-0.39, 0.29) is 6.04 Å². The molecule has 5 heteroatoms. The highest BCUT2D eigenvalue weighted by Gasteiger charge is 2.28. The highest BCUT2D eigenvalue weighted by atomic mass is 15.3. The lowest BCUT2D eigenvalue weighted by molar-refractivity contribution is 0.306. The number of aliphatic imine (C=N–C) groups is 1. The normalized spacial score (nSPS) is 21.6. The van der Waals surface area contributed by atoms with Gasteiger partial charge in [0, 0.05) is 12.1 Å². The predicted molar refractivity (Wildman–Crippen MR) is 109 cm³/mol. The summed E-state index contributed by atoms with van der Waals surface area (Å²) < 4.78 is 0. The summed E-state index contributed by atoms with van der Waals surface area (Å²) in [6.07, 6.45) is 3.38. The molecule has 1 aliphatic heterocycles. The Kier molecular flexibility index (Phi) is 5.58. The van der Waals surface area contributed by atoms with Crippen LogP contribution >= 0.6 is 0 Å². The molecule has 2 aromatic rings. The predicted octanol–water partition coefficient (Wildman–Crippen LogP) is 3.36. The molecular weight excluding hydrogens is 334 g/mol. The molecule has 27 heavy (non-hydrogen) atoms. The number of nitrogens with zero attached hydrogens (tertiary/aromatic N) is 2. The zero-order chi connectivity index (χ0) is 19.3. The molecule has 0 spiro atoms. The van der Waals surface area contributed by atoms with Crippen molar-refractivity contribution in [1.82, 2.24) is 10.6 Å². The van der Waals surface area contributed by atoms with Gasteiger partial charge in [0.25, 0.3) is 0 Å². The maximum absolute atomic E-state index is 9.05. The zero-order valence-corrected chi connectivity index (χ0v) is 15.7. The van der Waals surface area contributed by atoms with Gasteiger partial charge in [-0.05, 0) is 49.6 Å². The van der Waals surface area contributed by atoms with Crippen molar-refractivity contribution in [2.24, 2.45) is 10.7 Å². The Morgan fingerprint density at radius 2 is 1.93 bits per heavy atom. The van der Waals surface area contributed by atoms with Gasteiger partial charge in [-0.15, -0.1) is 0 Å². The van der Waals surface area contributed by atoms with E-state index in [9.17, 15) is 0 Å². The molecule has 2 aromatic carbocycles. The molecule has 5 nitrogen and oxygen atoms in total. The van der Waals surface area contributed by atoms with E-state index in [4.69, 9.17) is 16.0 Å². The van der Waals surface area contributed by atoms with Gasteiger partial charge in [-0.25, -0.2) is 0 Å². The third-order valence-corrected chi connectivity index (χ3v) is 4.60. The fraction of sp³-hybridized carbons (Fsp3) is 0.273. The number of hydrogen-bond donors (Lipinski definition) is 3. The number of nitriles is 1. The van der Waals surface area contributed by atoms with Crippen LogP contribution in [0, 0.1) is 11.3 Å². The van der Waals surface area contributed by atoms with E-state index in [2.05, 4.69) is 35.8 Å². The highest BCUT2D eigenvalue weighted by Crippen LogP contribution is 2.19. The summed E-state index contributed by atoms with van der Waals surface area (Å²) >= 11 is 0. The second kappa shape index (κ2) is 8.07. The quantitative estimate of drug-likeness (QED) is 0.764. The summed E-state index contributed by atoms with van der Waals surface area (Å²) in [6, 6.07) is 20.0. The summed E-state index contributed by atoms with van der Waals surface area (Å²) in [5, 5.41) is 15.7. The van der Waals surface area contributed by atoms with E-state index in [1.54, 1.807) is 6.07 Å². The molecule has 3 rings (SSSR count). The first-order valence-corrected chi connectivity index (χ1v) is 9.13. The molecule has 0 saturated carbocycles. The molecular formula is C22H25N5. The van der Waals surface area contributed by atoms with E-state index in [0.29, 0.717) is 12.0 Å². The molecule has 4 N–H and O–H groups in total. The molecule has 0 aromatic heterocycles. The maximum Gasteiger partial charge on any atom is 0.162 e. The third-order valence-electron chi connectivity index (χ3n) is 4.60. The number of amidine groups is 1. The van der Waals surface area contributed by atoms with E-state index in [1.165, 1.54) is 0 Å². The number of rotatable bonds is 5. The highest BCUT2D eigenvalue weighted by molar-refractivity contribution is 5.95. The number of benzene rings is 2. The van der Waals surface area contributed by atoms with Crippen molar-refractivity contribution in [1.29, 1.82) is 5.26 Å². The summed E-state index contributed by atoms with van der Waals surface area (Å²) in [4.78, 5) is 4.80. The fourth-order valence-electron chi connectivity index (χ4n) is 3.24. The topological polar surface area (TPSA) is 86.2 Å². The molecule has 1 unspecified atom stereocenters. The van der Waals surface area contributed by atoms with E-state index >= 15 is 0 Å². The fourth-order valence-corrected chi connectivity index (χ4v) is 3.24. The average Bonchev–Trinajstić information content (AvgIpc) is 2.66. The molecule has 0 radical (unpaired) electrons. The molecule has 0 bridgehead atoms. The maximum atomic E-state index is 9.05. The van der Waals surface area contributed by atoms with Gasteiger partial charge in [-0.2, -0.15) is 5.26 Å². The first-order valence-electron chi connectivity index (χ1n) is 9.13. The van der Waals surface area contributed by atoms with Crippen LogP contribution in [0.4, 0.5) is 0 Å². The van der Waals surface area contributed by atoms with Crippen LogP contribution in [-0.2, 0) is 6.42 Å². The second-order valence-electron chi connectivity index (χ2n) is 6.96. The van der Waals surface area contributed by atoms with Crippen LogP contribution in [0.2, 0.25) is 0 Å². The zero-order valence-electron chi connectivity index (χ0n) is 15.7. The summed E-state index contributed by atoms with van der Waals surface area (Å²) in [6.45, 7) is 4.06. The third kappa shape index (κ3) is 4.96. The van der Waals surface area contributed by atoms with Crippen molar-refractivity contribution in [3.05, 3.63) is 83.1 Å². The number of nitrogens with one attached hydrogen (secondary N) is 2. The van der Waals surface area contributed by atoms with Gasteiger partial charge < -0.3 is 10.6 Å².